The maximum atomic E-state index is 11.2. The molecule has 0 radical (unpaired) electrons. The Morgan fingerprint density at radius 1 is 1.04 bits per heavy atom. The van der Waals surface area contributed by atoms with Crippen LogP contribution in [0.15, 0.2) is 53.7 Å². The number of thioether (sulfide) groups is 1. The van der Waals surface area contributed by atoms with Crippen LogP contribution in [-0.4, -0.2) is 40.6 Å². The molecule has 0 aliphatic rings. The minimum absolute atomic E-state index is 0.0986. The Balaban J connectivity index is 1.87. The molecule has 0 saturated carbocycles. The van der Waals surface area contributed by atoms with Crippen molar-refractivity contribution in [1.29, 1.82) is 0 Å². The summed E-state index contributed by atoms with van der Waals surface area (Å²) in [5.74, 6) is 2.36. The zero-order valence-corrected chi connectivity index (χ0v) is 16.3. The predicted octanol–water partition coefficient (Wildman–Crippen LogP) is 2.44. The molecule has 1 heterocycles. The van der Waals surface area contributed by atoms with Crippen LogP contribution < -0.4 is 19.9 Å². The standard InChI is InChI=1S/C19H20N4O4S/c1-25-14-6-8-15(9-7-14)27-11-18-21-22-19(28-12-17(20)24)23(18)13-4-3-5-16(10-13)26-2/h3-10H,11-12H2,1-2H3,(H2,20,24). The normalized spacial score (nSPS) is 10.5. The number of methoxy groups -OCH3 is 2. The molecule has 2 N–H and O–H groups in total. The molecule has 0 bridgehead atoms. The minimum Gasteiger partial charge on any atom is -0.497 e. The molecule has 0 atom stereocenters. The number of hydrogen-bond donors (Lipinski definition) is 1. The number of amides is 1. The van der Waals surface area contributed by atoms with Crippen molar-refractivity contribution in [2.45, 2.75) is 11.8 Å². The third kappa shape index (κ3) is 4.74. The molecule has 0 spiro atoms. The first-order valence-electron chi connectivity index (χ1n) is 8.37. The van der Waals surface area contributed by atoms with Gasteiger partial charge < -0.3 is 19.9 Å². The number of nitrogens with zero attached hydrogens (tertiary/aromatic N) is 3. The molecule has 8 nitrogen and oxygen atoms in total. The summed E-state index contributed by atoms with van der Waals surface area (Å²) in [7, 11) is 3.21. The van der Waals surface area contributed by atoms with Gasteiger partial charge in [-0.2, -0.15) is 0 Å². The van der Waals surface area contributed by atoms with Crippen molar-refractivity contribution in [3.8, 4) is 22.9 Å². The van der Waals surface area contributed by atoms with Gasteiger partial charge >= 0.3 is 0 Å². The number of primary amides is 1. The van der Waals surface area contributed by atoms with Gasteiger partial charge in [-0.3, -0.25) is 9.36 Å². The number of carbonyl (C=O) groups excluding carboxylic acids is 1. The van der Waals surface area contributed by atoms with Crippen LogP contribution in [0, 0.1) is 0 Å². The van der Waals surface area contributed by atoms with Gasteiger partial charge in [0, 0.05) is 6.07 Å². The first-order chi connectivity index (χ1) is 13.6. The van der Waals surface area contributed by atoms with E-state index in [1.165, 1.54) is 11.8 Å². The Kier molecular flexibility index (Phi) is 6.38. The molecule has 0 fully saturated rings. The lowest BCUT2D eigenvalue weighted by atomic mass is 10.3. The summed E-state index contributed by atoms with van der Waals surface area (Å²) in [6, 6.07) is 14.7. The van der Waals surface area contributed by atoms with Crippen LogP contribution in [0.3, 0.4) is 0 Å². The Morgan fingerprint density at radius 3 is 2.43 bits per heavy atom. The van der Waals surface area contributed by atoms with Gasteiger partial charge in [0.05, 0.1) is 25.7 Å². The van der Waals surface area contributed by atoms with Gasteiger partial charge in [-0.05, 0) is 36.4 Å². The molecule has 0 aliphatic carbocycles. The number of ether oxygens (including phenoxy) is 3. The van der Waals surface area contributed by atoms with Crippen molar-refractivity contribution in [3.05, 3.63) is 54.4 Å². The SMILES string of the molecule is COc1ccc(OCc2nnc(SCC(N)=O)n2-c2cccc(OC)c2)cc1. The van der Waals surface area contributed by atoms with Crippen molar-refractivity contribution in [2.75, 3.05) is 20.0 Å². The minimum atomic E-state index is -0.429. The summed E-state index contributed by atoms with van der Waals surface area (Å²) in [5, 5.41) is 8.95. The quantitative estimate of drug-likeness (QED) is 0.551. The summed E-state index contributed by atoms with van der Waals surface area (Å²) in [5.41, 5.74) is 6.06. The average Bonchev–Trinajstić information content (AvgIpc) is 3.14. The number of hydrogen-bond acceptors (Lipinski definition) is 7. The second kappa shape index (κ2) is 9.14. The van der Waals surface area contributed by atoms with E-state index in [2.05, 4.69) is 10.2 Å². The number of aromatic nitrogens is 3. The monoisotopic (exact) mass is 400 g/mol. The topological polar surface area (TPSA) is 101 Å². The Labute approximate surface area is 166 Å². The van der Waals surface area contributed by atoms with Crippen LogP contribution in [0.5, 0.6) is 17.2 Å². The van der Waals surface area contributed by atoms with E-state index >= 15 is 0 Å². The van der Waals surface area contributed by atoms with Gasteiger partial charge in [-0.15, -0.1) is 10.2 Å². The maximum absolute atomic E-state index is 11.2. The molecule has 0 unspecified atom stereocenters. The molecule has 3 aromatic rings. The van der Waals surface area contributed by atoms with Crippen molar-refractivity contribution in [1.82, 2.24) is 14.8 Å². The van der Waals surface area contributed by atoms with Crippen LogP contribution in [-0.2, 0) is 11.4 Å². The maximum Gasteiger partial charge on any atom is 0.227 e. The van der Waals surface area contributed by atoms with Crippen LogP contribution in [0.2, 0.25) is 0 Å². The van der Waals surface area contributed by atoms with Gasteiger partial charge in [-0.25, -0.2) is 0 Å². The van der Waals surface area contributed by atoms with E-state index in [-0.39, 0.29) is 12.4 Å². The lowest BCUT2D eigenvalue weighted by molar-refractivity contribution is -0.115. The highest BCUT2D eigenvalue weighted by molar-refractivity contribution is 7.99. The van der Waals surface area contributed by atoms with E-state index in [1.54, 1.807) is 14.2 Å². The van der Waals surface area contributed by atoms with E-state index in [4.69, 9.17) is 19.9 Å². The highest BCUT2D eigenvalue weighted by atomic mass is 32.2. The summed E-state index contributed by atoms with van der Waals surface area (Å²) in [6.45, 7) is 0.188. The highest BCUT2D eigenvalue weighted by Gasteiger charge is 2.16. The van der Waals surface area contributed by atoms with E-state index in [1.807, 2.05) is 53.1 Å². The molecule has 1 amide bonds. The zero-order chi connectivity index (χ0) is 19.9. The summed E-state index contributed by atoms with van der Waals surface area (Å²) in [6.07, 6.45) is 0. The first-order valence-corrected chi connectivity index (χ1v) is 9.36. The fraction of sp³-hybridized carbons (Fsp3) is 0.211. The molecule has 1 aromatic heterocycles. The Bertz CT molecular complexity index is 943. The molecule has 9 heteroatoms. The highest BCUT2D eigenvalue weighted by Crippen LogP contribution is 2.25. The smallest absolute Gasteiger partial charge is 0.227 e. The van der Waals surface area contributed by atoms with Gasteiger partial charge in [0.25, 0.3) is 0 Å². The van der Waals surface area contributed by atoms with Crippen molar-refractivity contribution < 1.29 is 19.0 Å². The van der Waals surface area contributed by atoms with Gasteiger partial charge in [0.2, 0.25) is 5.91 Å². The zero-order valence-electron chi connectivity index (χ0n) is 15.5. The molecular weight excluding hydrogens is 380 g/mol. The first kappa shape index (κ1) is 19.6. The predicted molar refractivity (Wildman–Crippen MR) is 105 cm³/mol. The second-order valence-corrected chi connectivity index (χ2v) is 6.60. The summed E-state index contributed by atoms with van der Waals surface area (Å²) >= 11 is 1.21. The van der Waals surface area contributed by atoms with Gasteiger partial charge in [0.15, 0.2) is 11.0 Å². The fourth-order valence-electron chi connectivity index (χ4n) is 2.45. The second-order valence-electron chi connectivity index (χ2n) is 5.65. The van der Waals surface area contributed by atoms with E-state index < -0.39 is 5.91 Å². The number of benzene rings is 2. The third-order valence-electron chi connectivity index (χ3n) is 3.78. The van der Waals surface area contributed by atoms with Crippen LogP contribution in [0.1, 0.15) is 5.82 Å². The lowest BCUT2D eigenvalue weighted by Crippen LogP contribution is -2.14. The molecule has 3 rings (SSSR count). The average molecular weight is 400 g/mol. The Morgan fingerprint density at radius 2 is 1.75 bits per heavy atom. The fourth-order valence-corrected chi connectivity index (χ4v) is 3.16. The van der Waals surface area contributed by atoms with E-state index in [9.17, 15) is 4.79 Å². The van der Waals surface area contributed by atoms with Crippen LogP contribution >= 0.6 is 11.8 Å². The van der Waals surface area contributed by atoms with Crippen molar-refractivity contribution in [2.24, 2.45) is 5.73 Å². The van der Waals surface area contributed by atoms with Crippen LogP contribution in [0.25, 0.3) is 5.69 Å². The number of carbonyl (C=O) groups is 1. The van der Waals surface area contributed by atoms with Crippen LogP contribution in [0.4, 0.5) is 0 Å². The molecule has 2 aromatic carbocycles. The molecule has 0 saturated heterocycles. The van der Waals surface area contributed by atoms with E-state index in [0.717, 1.165) is 11.4 Å². The summed E-state index contributed by atoms with van der Waals surface area (Å²) in [4.78, 5) is 11.2. The molecule has 0 aliphatic heterocycles. The largest absolute Gasteiger partial charge is 0.497 e. The van der Waals surface area contributed by atoms with Crippen molar-refractivity contribution in [3.63, 3.8) is 0 Å². The van der Waals surface area contributed by atoms with Gasteiger partial charge in [0.1, 0.15) is 23.9 Å². The lowest BCUT2D eigenvalue weighted by Gasteiger charge is -2.12. The van der Waals surface area contributed by atoms with E-state index in [0.29, 0.717) is 22.5 Å². The summed E-state index contributed by atoms with van der Waals surface area (Å²) < 4.78 is 18.1. The Hall–Kier alpha value is -3.20. The van der Waals surface area contributed by atoms with Crippen molar-refractivity contribution >= 4 is 17.7 Å². The third-order valence-corrected chi connectivity index (χ3v) is 4.73. The van der Waals surface area contributed by atoms with Gasteiger partial charge in [-0.1, -0.05) is 17.8 Å². The molecule has 146 valence electrons. The molecule has 28 heavy (non-hydrogen) atoms. The molecular formula is C19H20N4O4S. The number of nitrogens with two attached hydrogens (primary N) is 1. The number of rotatable bonds is 9.